The summed E-state index contributed by atoms with van der Waals surface area (Å²) in [5, 5.41) is 8.62. The van der Waals surface area contributed by atoms with Crippen LogP contribution in [0.25, 0.3) is 0 Å². The van der Waals surface area contributed by atoms with E-state index >= 15 is 0 Å². The third kappa shape index (κ3) is 3.19. The predicted molar refractivity (Wildman–Crippen MR) is 73.1 cm³/mol. The molecule has 1 unspecified atom stereocenters. The van der Waals surface area contributed by atoms with Gasteiger partial charge in [0.05, 0.1) is 22.5 Å². The number of piperidine rings is 1. The summed E-state index contributed by atoms with van der Waals surface area (Å²) in [6.07, 6.45) is -7.62. The van der Waals surface area contributed by atoms with Gasteiger partial charge in [-0.3, -0.25) is 0 Å². The number of hydrogen-bond acceptors (Lipinski definition) is 3. The van der Waals surface area contributed by atoms with Crippen molar-refractivity contribution in [3.8, 4) is 0 Å². The van der Waals surface area contributed by atoms with E-state index in [0.29, 0.717) is 0 Å². The molecule has 128 valence electrons. The molecule has 0 aliphatic carbocycles. The summed E-state index contributed by atoms with van der Waals surface area (Å²) in [6, 6.07) is 0.747. The van der Waals surface area contributed by atoms with Gasteiger partial charge in [0, 0.05) is 6.04 Å². The molecule has 3 N–H and O–H groups in total. The van der Waals surface area contributed by atoms with E-state index in [0.717, 1.165) is 31.9 Å². The number of anilines is 2. The zero-order valence-corrected chi connectivity index (χ0v) is 11.9. The fourth-order valence-corrected chi connectivity index (χ4v) is 3.02. The van der Waals surface area contributed by atoms with Crippen LogP contribution < -0.4 is 16.0 Å². The minimum Gasteiger partial charge on any atom is -0.362 e. The maximum absolute atomic E-state index is 13.1. The van der Waals surface area contributed by atoms with Crippen LogP contribution >= 0.6 is 0 Å². The molecule has 2 heterocycles. The molecule has 0 spiro atoms. The van der Waals surface area contributed by atoms with Gasteiger partial charge in [-0.15, -0.1) is 0 Å². The number of benzene rings is 1. The van der Waals surface area contributed by atoms with Crippen LogP contribution in [-0.4, -0.2) is 18.8 Å². The van der Waals surface area contributed by atoms with Gasteiger partial charge in [-0.1, -0.05) is 6.42 Å². The summed E-state index contributed by atoms with van der Waals surface area (Å²) in [5.41, 5.74) is -3.09. The number of alkyl halides is 6. The van der Waals surface area contributed by atoms with Gasteiger partial charge < -0.3 is 16.0 Å². The van der Waals surface area contributed by atoms with Crippen molar-refractivity contribution < 1.29 is 26.3 Å². The summed E-state index contributed by atoms with van der Waals surface area (Å²) in [5.74, 6) is 0. The van der Waals surface area contributed by atoms with Crippen LogP contribution in [0, 0.1) is 0 Å². The molecule has 3 nitrogen and oxygen atoms in total. The minimum absolute atomic E-state index is 0.133. The van der Waals surface area contributed by atoms with E-state index in [2.05, 4.69) is 16.0 Å². The van der Waals surface area contributed by atoms with Crippen LogP contribution in [-0.2, 0) is 12.4 Å². The van der Waals surface area contributed by atoms with Crippen molar-refractivity contribution in [2.24, 2.45) is 0 Å². The van der Waals surface area contributed by atoms with Crippen molar-refractivity contribution in [3.63, 3.8) is 0 Å². The monoisotopic (exact) mass is 339 g/mol. The van der Waals surface area contributed by atoms with Crippen molar-refractivity contribution >= 4 is 11.4 Å². The zero-order valence-electron chi connectivity index (χ0n) is 11.9. The van der Waals surface area contributed by atoms with Crippen molar-refractivity contribution in [2.45, 2.75) is 43.8 Å². The molecule has 2 aliphatic rings. The molecule has 2 atom stereocenters. The molecule has 0 radical (unpaired) electrons. The molecule has 1 aromatic carbocycles. The van der Waals surface area contributed by atoms with Gasteiger partial charge in [0.2, 0.25) is 0 Å². The number of fused-ring (bicyclic) bond motifs is 1. The highest BCUT2D eigenvalue weighted by Crippen LogP contribution is 2.46. The second kappa shape index (κ2) is 5.47. The lowest BCUT2D eigenvalue weighted by atomic mass is 10.0. The maximum Gasteiger partial charge on any atom is 0.418 e. The smallest absolute Gasteiger partial charge is 0.362 e. The molecule has 0 saturated carbocycles. The van der Waals surface area contributed by atoms with Crippen molar-refractivity contribution in [2.75, 3.05) is 17.2 Å². The second-order valence-corrected chi connectivity index (χ2v) is 5.76. The van der Waals surface area contributed by atoms with Crippen molar-refractivity contribution in [1.82, 2.24) is 5.32 Å². The third-order valence-corrected chi connectivity index (χ3v) is 4.13. The fraction of sp³-hybridized carbons (Fsp3) is 0.571. The highest BCUT2D eigenvalue weighted by molar-refractivity contribution is 5.79. The summed E-state index contributed by atoms with van der Waals surface area (Å²) in [6.45, 7) is 0.737. The predicted octanol–water partition coefficient (Wildman–Crippen LogP) is 4.03. The Morgan fingerprint density at radius 1 is 0.913 bits per heavy atom. The number of hydrogen-bond donors (Lipinski definition) is 3. The Morgan fingerprint density at radius 2 is 1.65 bits per heavy atom. The van der Waals surface area contributed by atoms with Gasteiger partial charge >= 0.3 is 12.4 Å². The van der Waals surface area contributed by atoms with Gasteiger partial charge in [-0.25, -0.2) is 0 Å². The van der Waals surface area contributed by atoms with E-state index in [1.165, 1.54) is 0 Å². The first kappa shape index (κ1) is 16.2. The molecule has 0 aromatic heterocycles. The van der Waals surface area contributed by atoms with Crippen molar-refractivity contribution in [3.05, 3.63) is 23.3 Å². The van der Waals surface area contributed by atoms with E-state index in [-0.39, 0.29) is 23.5 Å². The Bertz CT molecular complexity index is 589. The quantitative estimate of drug-likeness (QED) is 0.676. The number of nitrogens with one attached hydrogen (secondary N) is 3. The molecular formula is C14H15F6N3. The number of halogens is 6. The summed E-state index contributed by atoms with van der Waals surface area (Å²) < 4.78 is 77.9. The highest BCUT2D eigenvalue weighted by Gasteiger charge is 2.42. The average molecular weight is 339 g/mol. The molecule has 1 fully saturated rings. The normalized spacial score (nSPS) is 24.8. The third-order valence-electron chi connectivity index (χ3n) is 4.13. The molecule has 9 heteroatoms. The molecular weight excluding hydrogens is 324 g/mol. The first-order chi connectivity index (χ1) is 10.7. The van der Waals surface area contributed by atoms with E-state index in [4.69, 9.17) is 0 Å². The Hall–Kier alpha value is -1.64. The standard InChI is InChI=1S/C14H15F6N3/c15-13(16,17)7-5-8(14(18,19)20)11-10(6-7)22-12(23-11)9-3-1-2-4-21-9/h5-6,9,12,21-23H,1-4H2/t9-,12?/m1/s1. The summed E-state index contributed by atoms with van der Waals surface area (Å²) in [7, 11) is 0. The Morgan fingerprint density at radius 3 is 2.22 bits per heavy atom. The van der Waals surface area contributed by atoms with Crippen LogP contribution in [0.2, 0.25) is 0 Å². The molecule has 2 aliphatic heterocycles. The van der Waals surface area contributed by atoms with Crippen LogP contribution in [0.1, 0.15) is 30.4 Å². The van der Waals surface area contributed by atoms with Crippen LogP contribution in [0.3, 0.4) is 0 Å². The maximum atomic E-state index is 13.1. The molecule has 0 amide bonds. The van der Waals surface area contributed by atoms with E-state index in [9.17, 15) is 26.3 Å². The molecule has 1 aromatic rings. The van der Waals surface area contributed by atoms with Crippen molar-refractivity contribution in [1.29, 1.82) is 0 Å². The minimum atomic E-state index is -4.87. The largest absolute Gasteiger partial charge is 0.418 e. The first-order valence-corrected chi connectivity index (χ1v) is 7.25. The summed E-state index contributed by atoms with van der Waals surface area (Å²) in [4.78, 5) is 0. The fourth-order valence-electron chi connectivity index (χ4n) is 3.02. The average Bonchev–Trinajstić information content (AvgIpc) is 2.89. The molecule has 1 saturated heterocycles. The Balaban J connectivity index is 1.96. The molecule has 23 heavy (non-hydrogen) atoms. The zero-order chi connectivity index (χ0) is 16.8. The lowest BCUT2D eigenvalue weighted by Gasteiger charge is -2.29. The summed E-state index contributed by atoms with van der Waals surface area (Å²) >= 11 is 0. The van der Waals surface area contributed by atoms with Gasteiger partial charge in [-0.05, 0) is 31.5 Å². The first-order valence-electron chi connectivity index (χ1n) is 7.25. The van der Waals surface area contributed by atoms with Crippen LogP contribution in [0.15, 0.2) is 12.1 Å². The Labute approximate surface area is 128 Å². The Kier molecular flexibility index (Phi) is 3.86. The second-order valence-electron chi connectivity index (χ2n) is 5.76. The lowest BCUT2D eigenvalue weighted by molar-refractivity contribution is -0.142. The topological polar surface area (TPSA) is 36.1 Å². The van der Waals surface area contributed by atoms with E-state index in [1.54, 1.807) is 0 Å². The highest BCUT2D eigenvalue weighted by atomic mass is 19.4. The van der Waals surface area contributed by atoms with Crippen LogP contribution in [0.5, 0.6) is 0 Å². The SMILES string of the molecule is FC(F)(F)c1cc2c(c(C(F)(F)F)c1)NC([C@H]1CCCCN1)N2. The van der Waals surface area contributed by atoms with E-state index in [1.807, 2.05) is 0 Å². The van der Waals surface area contributed by atoms with Gasteiger partial charge in [0.25, 0.3) is 0 Å². The number of rotatable bonds is 1. The van der Waals surface area contributed by atoms with Gasteiger partial charge in [0.1, 0.15) is 6.17 Å². The van der Waals surface area contributed by atoms with E-state index < -0.39 is 29.6 Å². The van der Waals surface area contributed by atoms with Gasteiger partial charge in [0.15, 0.2) is 0 Å². The van der Waals surface area contributed by atoms with Crippen LogP contribution in [0.4, 0.5) is 37.7 Å². The molecule has 3 rings (SSSR count). The lowest BCUT2D eigenvalue weighted by Crippen LogP contribution is -2.48. The van der Waals surface area contributed by atoms with Gasteiger partial charge in [-0.2, -0.15) is 26.3 Å². The molecule has 0 bridgehead atoms.